The van der Waals surface area contributed by atoms with Crippen LogP contribution >= 0.6 is 0 Å². The lowest BCUT2D eigenvalue weighted by Gasteiger charge is -2.11. The van der Waals surface area contributed by atoms with E-state index >= 15 is 0 Å². The second-order valence-electron chi connectivity index (χ2n) is 3.23. The van der Waals surface area contributed by atoms with Gasteiger partial charge in [-0.05, 0) is 6.42 Å². The summed E-state index contributed by atoms with van der Waals surface area (Å²) in [6.07, 6.45) is 0.973. The largest absolute Gasteiger partial charge is 0.387 e. The first-order chi connectivity index (χ1) is 5.61. The molecule has 0 saturated heterocycles. The highest BCUT2D eigenvalue weighted by Crippen LogP contribution is 2.01. The molecule has 3 nitrogen and oxygen atoms in total. The highest BCUT2D eigenvalue weighted by Gasteiger charge is 2.05. The summed E-state index contributed by atoms with van der Waals surface area (Å²) in [5.74, 6) is 1.05. The molecular formula is C9H20N2O. The molecule has 0 aliphatic carbocycles. The first-order valence-electron chi connectivity index (χ1n) is 4.43. The predicted molar refractivity (Wildman–Crippen MR) is 52.4 cm³/mol. The van der Waals surface area contributed by atoms with Gasteiger partial charge < -0.3 is 10.5 Å². The van der Waals surface area contributed by atoms with Gasteiger partial charge in [-0.2, -0.15) is 0 Å². The highest BCUT2D eigenvalue weighted by atomic mass is 16.5. The molecule has 12 heavy (non-hydrogen) atoms. The molecule has 0 saturated carbocycles. The van der Waals surface area contributed by atoms with Crippen molar-refractivity contribution in [2.24, 2.45) is 16.6 Å². The summed E-state index contributed by atoms with van der Waals surface area (Å²) in [4.78, 5) is 4.35. The summed E-state index contributed by atoms with van der Waals surface area (Å²) < 4.78 is 5.01. The summed E-state index contributed by atoms with van der Waals surface area (Å²) in [6.45, 7) is 6.82. The van der Waals surface area contributed by atoms with Crippen LogP contribution in [0.2, 0.25) is 0 Å². The Bertz CT molecular complexity index is 143. The number of nitrogens with two attached hydrogens (primary N) is 1. The van der Waals surface area contributed by atoms with Gasteiger partial charge in [0.2, 0.25) is 0 Å². The summed E-state index contributed by atoms with van der Waals surface area (Å²) in [6, 6.07) is 0.220. The minimum atomic E-state index is 0.220. The molecular weight excluding hydrogens is 152 g/mol. The molecule has 0 aromatic carbocycles. The molecule has 0 radical (unpaired) electrons. The number of rotatable bonds is 5. The summed E-state index contributed by atoms with van der Waals surface area (Å²) in [7, 11) is 1.68. The Labute approximate surface area is 75.0 Å². The molecule has 0 amide bonds. The molecule has 2 N–H and O–H groups in total. The van der Waals surface area contributed by atoms with Crippen LogP contribution < -0.4 is 5.73 Å². The van der Waals surface area contributed by atoms with Crippen molar-refractivity contribution < 1.29 is 4.74 Å². The first kappa shape index (κ1) is 11.4. The standard InChI is InChI=1S/C9H20N2O/c1-5-8(6-12-4)11-9(10)7(2)3/h7-8H,5-6H2,1-4H3,(H2,10,11). The fraction of sp³-hybridized carbons (Fsp3) is 0.889. The molecule has 3 heteroatoms. The van der Waals surface area contributed by atoms with Crippen LogP contribution in [0.4, 0.5) is 0 Å². The number of amidine groups is 1. The molecule has 1 atom stereocenters. The zero-order valence-corrected chi connectivity index (χ0v) is 8.50. The van der Waals surface area contributed by atoms with E-state index in [4.69, 9.17) is 10.5 Å². The normalized spacial score (nSPS) is 15.2. The van der Waals surface area contributed by atoms with Gasteiger partial charge in [0, 0.05) is 13.0 Å². The SMILES string of the molecule is CCC(COC)N=C(N)C(C)C. The van der Waals surface area contributed by atoms with Crippen molar-refractivity contribution in [2.75, 3.05) is 13.7 Å². The van der Waals surface area contributed by atoms with E-state index in [2.05, 4.69) is 11.9 Å². The van der Waals surface area contributed by atoms with Gasteiger partial charge in [0.1, 0.15) is 0 Å². The van der Waals surface area contributed by atoms with E-state index in [1.54, 1.807) is 7.11 Å². The van der Waals surface area contributed by atoms with Gasteiger partial charge in [-0.3, -0.25) is 4.99 Å². The van der Waals surface area contributed by atoms with Crippen molar-refractivity contribution in [3.05, 3.63) is 0 Å². The molecule has 0 aliphatic rings. The Hall–Kier alpha value is -0.570. The maximum absolute atomic E-state index is 5.72. The van der Waals surface area contributed by atoms with Crippen LogP contribution in [0.5, 0.6) is 0 Å². The quantitative estimate of drug-likeness (QED) is 0.503. The molecule has 1 unspecified atom stereocenters. The molecule has 0 spiro atoms. The lowest BCUT2D eigenvalue weighted by molar-refractivity contribution is 0.179. The maximum atomic E-state index is 5.72. The van der Waals surface area contributed by atoms with Crippen molar-refractivity contribution in [3.63, 3.8) is 0 Å². The van der Waals surface area contributed by atoms with Gasteiger partial charge in [-0.1, -0.05) is 20.8 Å². The fourth-order valence-corrected chi connectivity index (χ4v) is 0.799. The molecule has 72 valence electrons. The Balaban J connectivity index is 4.05. The average Bonchev–Trinajstić information content (AvgIpc) is 2.03. The Morgan fingerprint density at radius 1 is 1.50 bits per heavy atom. The second kappa shape index (κ2) is 6.00. The minimum absolute atomic E-state index is 0.220. The van der Waals surface area contributed by atoms with E-state index in [1.165, 1.54) is 0 Å². The maximum Gasteiger partial charge on any atom is 0.0967 e. The van der Waals surface area contributed by atoms with E-state index in [9.17, 15) is 0 Å². The Morgan fingerprint density at radius 3 is 2.42 bits per heavy atom. The third-order valence-electron chi connectivity index (χ3n) is 1.75. The van der Waals surface area contributed by atoms with E-state index in [-0.39, 0.29) is 6.04 Å². The first-order valence-corrected chi connectivity index (χ1v) is 4.43. The van der Waals surface area contributed by atoms with Gasteiger partial charge in [-0.15, -0.1) is 0 Å². The lowest BCUT2D eigenvalue weighted by atomic mass is 10.2. The number of ether oxygens (including phenoxy) is 1. The Morgan fingerprint density at radius 2 is 2.08 bits per heavy atom. The zero-order valence-electron chi connectivity index (χ0n) is 8.50. The van der Waals surface area contributed by atoms with Gasteiger partial charge in [-0.25, -0.2) is 0 Å². The van der Waals surface area contributed by atoms with Crippen LogP contribution in [0.25, 0.3) is 0 Å². The van der Waals surface area contributed by atoms with E-state index in [0.29, 0.717) is 12.5 Å². The summed E-state index contributed by atoms with van der Waals surface area (Å²) in [5.41, 5.74) is 5.72. The van der Waals surface area contributed by atoms with Crippen LogP contribution in [-0.4, -0.2) is 25.6 Å². The molecule has 0 aliphatic heterocycles. The number of hydrogen-bond acceptors (Lipinski definition) is 2. The molecule has 0 heterocycles. The van der Waals surface area contributed by atoms with Crippen molar-refractivity contribution in [2.45, 2.75) is 33.2 Å². The van der Waals surface area contributed by atoms with Gasteiger partial charge in [0.15, 0.2) is 0 Å². The molecule has 0 fully saturated rings. The highest BCUT2D eigenvalue weighted by molar-refractivity contribution is 5.82. The second-order valence-corrected chi connectivity index (χ2v) is 3.23. The number of hydrogen-bond donors (Lipinski definition) is 1. The topological polar surface area (TPSA) is 47.6 Å². The zero-order chi connectivity index (χ0) is 9.56. The number of nitrogens with zero attached hydrogens (tertiary/aromatic N) is 1. The van der Waals surface area contributed by atoms with Crippen molar-refractivity contribution >= 4 is 5.84 Å². The van der Waals surface area contributed by atoms with Crippen LogP contribution in [-0.2, 0) is 4.74 Å². The van der Waals surface area contributed by atoms with Crippen LogP contribution in [0.15, 0.2) is 4.99 Å². The van der Waals surface area contributed by atoms with Crippen LogP contribution in [0, 0.1) is 5.92 Å². The fourth-order valence-electron chi connectivity index (χ4n) is 0.799. The van der Waals surface area contributed by atoms with Crippen molar-refractivity contribution in [3.8, 4) is 0 Å². The molecule has 0 bridgehead atoms. The van der Waals surface area contributed by atoms with Crippen molar-refractivity contribution in [1.29, 1.82) is 0 Å². The number of methoxy groups -OCH3 is 1. The third-order valence-corrected chi connectivity index (χ3v) is 1.75. The summed E-state index contributed by atoms with van der Waals surface area (Å²) >= 11 is 0. The monoisotopic (exact) mass is 172 g/mol. The van der Waals surface area contributed by atoms with Gasteiger partial charge >= 0.3 is 0 Å². The van der Waals surface area contributed by atoms with Gasteiger partial charge in [0.25, 0.3) is 0 Å². The molecule has 0 rings (SSSR count). The van der Waals surface area contributed by atoms with E-state index in [0.717, 1.165) is 12.3 Å². The summed E-state index contributed by atoms with van der Waals surface area (Å²) in [5, 5.41) is 0. The smallest absolute Gasteiger partial charge is 0.0967 e. The molecule has 0 aromatic heterocycles. The number of aliphatic imine (C=N–C) groups is 1. The average molecular weight is 172 g/mol. The Kier molecular flexibility index (Phi) is 5.72. The van der Waals surface area contributed by atoms with E-state index < -0.39 is 0 Å². The minimum Gasteiger partial charge on any atom is -0.387 e. The third kappa shape index (κ3) is 4.34. The van der Waals surface area contributed by atoms with Crippen molar-refractivity contribution in [1.82, 2.24) is 0 Å². The van der Waals surface area contributed by atoms with Crippen LogP contribution in [0.1, 0.15) is 27.2 Å². The predicted octanol–water partition coefficient (Wildman–Crippen LogP) is 1.42. The van der Waals surface area contributed by atoms with Gasteiger partial charge in [0.05, 0.1) is 18.5 Å². The van der Waals surface area contributed by atoms with Crippen LogP contribution in [0.3, 0.4) is 0 Å². The van der Waals surface area contributed by atoms with E-state index in [1.807, 2.05) is 13.8 Å². The molecule has 0 aromatic rings. The lowest BCUT2D eigenvalue weighted by Crippen LogP contribution is -2.23.